The number of hydrogen-bond acceptors (Lipinski definition) is 4. The van der Waals surface area contributed by atoms with E-state index in [1.165, 1.54) is 11.7 Å². The van der Waals surface area contributed by atoms with Crippen molar-refractivity contribution in [3.8, 4) is 0 Å². The molecule has 0 saturated heterocycles. The third kappa shape index (κ3) is 1.23. The molecule has 2 rings (SSSR count). The van der Waals surface area contributed by atoms with Gasteiger partial charge in [-0.1, -0.05) is 0 Å². The van der Waals surface area contributed by atoms with E-state index in [1.807, 2.05) is 0 Å². The summed E-state index contributed by atoms with van der Waals surface area (Å²) in [6.07, 6.45) is 2.22. The average molecular weight is 197 g/mol. The van der Waals surface area contributed by atoms with Crippen molar-refractivity contribution >= 4 is 5.97 Å². The molecule has 0 bridgehead atoms. The zero-order valence-corrected chi connectivity index (χ0v) is 7.82. The van der Waals surface area contributed by atoms with E-state index in [2.05, 4.69) is 14.9 Å². The van der Waals surface area contributed by atoms with Crippen LogP contribution in [-0.2, 0) is 16.0 Å². The Kier molecular flexibility index (Phi) is 2.11. The number of carbonyl (C=O) groups excluding carboxylic acids is 1. The molecule has 2 heterocycles. The van der Waals surface area contributed by atoms with Gasteiger partial charge in [-0.2, -0.15) is 5.10 Å². The molecule has 1 aromatic heterocycles. The van der Waals surface area contributed by atoms with Crippen molar-refractivity contribution in [2.24, 2.45) is 0 Å². The fourth-order valence-corrected chi connectivity index (χ4v) is 1.78. The molecule has 0 amide bonds. The second-order valence-corrected chi connectivity index (χ2v) is 3.25. The van der Waals surface area contributed by atoms with Gasteiger partial charge in [0, 0.05) is 6.42 Å². The molecule has 1 N–H and O–H groups in total. The summed E-state index contributed by atoms with van der Waals surface area (Å²) in [4.78, 5) is 22.7. The second kappa shape index (κ2) is 3.28. The number of aromatic amines is 1. The van der Waals surface area contributed by atoms with Crippen molar-refractivity contribution < 1.29 is 9.53 Å². The molecular formula is C8H11N3O3. The van der Waals surface area contributed by atoms with E-state index < -0.39 is 6.04 Å². The summed E-state index contributed by atoms with van der Waals surface area (Å²) in [5, 5.41) is 6.18. The number of hydrogen-bond donors (Lipinski definition) is 1. The predicted molar refractivity (Wildman–Crippen MR) is 46.8 cm³/mol. The molecule has 1 aromatic rings. The Balaban J connectivity index is 2.44. The number of nitrogens with one attached hydrogen (secondary N) is 1. The minimum absolute atomic E-state index is 0.338. The minimum atomic E-state index is -0.505. The highest BCUT2D eigenvalue weighted by Gasteiger charge is 2.29. The van der Waals surface area contributed by atoms with Crippen LogP contribution >= 0.6 is 0 Å². The van der Waals surface area contributed by atoms with Gasteiger partial charge in [-0.3, -0.25) is 4.57 Å². The summed E-state index contributed by atoms with van der Waals surface area (Å²) >= 11 is 0. The summed E-state index contributed by atoms with van der Waals surface area (Å²) in [7, 11) is 1.32. The van der Waals surface area contributed by atoms with E-state index in [4.69, 9.17) is 0 Å². The molecule has 1 aliphatic heterocycles. The fraction of sp³-hybridized carbons (Fsp3) is 0.625. The van der Waals surface area contributed by atoms with Crippen LogP contribution in [0.15, 0.2) is 4.79 Å². The molecular weight excluding hydrogens is 186 g/mol. The monoisotopic (exact) mass is 197 g/mol. The lowest BCUT2D eigenvalue weighted by Crippen LogP contribution is -2.33. The Morgan fingerprint density at radius 3 is 3.21 bits per heavy atom. The highest BCUT2D eigenvalue weighted by molar-refractivity contribution is 5.74. The summed E-state index contributed by atoms with van der Waals surface area (Å²) in [5.41, 5.74) is -0.338. The molecule has 6 nitrogen and oxygen atoms in total. The number of aromatic nitrogens is 3. The minimum Gasteiger partial charge on any atom is -0.467 e. The smallest absolute Gasteiger partial charge is 0.344 e. The second-order valence-electron chi connectivity index (χ2n) is 3.25. The lowest BCUT2D eigenvalue weighted by Gasteiger charge is -2.20. The molecule has 0 fully saturated rings. The highest BCUT2D eigenvalue weighted by Crippen LogP contribution is 2.21. The fourth-order valence-electron chi connectivity index (χ4n) is 1.78. The number of aryl methyl sites for hydroxylation is 1. The first-order valence-corrected chi connectivity index (χ1v) is 4.47. The number of fused-ring (bicyclic) bond motifs is 1. The third-order valence-corrected chi connectivity index (χ3v) is 2.44. The van der Waals surface area contributed by atoms with Gasteiger partial charge in [-0.15, -0.1) is 0 Å². The summed E-state index contributed by atoms with van der Waals surface area (Å²) in [6, 6.07) is -0.505. The van der Waals surface area contributed by atoms with Gasteiger partial charge in [0.1, 0.15) is 11.9 Å². The number of carbonyl (C=O) groups is 1. The highest BCUT2D eigenvalue weighted by atomic mass is 16.5. The van der Waals surface area contributed by atoms with Gasteiger partial charge in [0.05, 0.1) is 7.11 Å². The van der Waals surface area contributed by atoms with Crippen LogP contribution in [0.3, 0.4) is 0 Å². The van der Waals surface area contributed by atoms with Crippen molar-refractivity contribution in [3.63, 3.8) is 0 Å². The Morgan fingerprint density at radius 2 is 2.50 bits per heavy atom. The van der Waals surface area contributed by atoms with Crippen molar-refractivity contribution in [3.05, 3.63) is 16.3 Å². The van der Waals surface area contributed by atoms with E-state index >= 15 is 0 Å². The molecule has 6 heteroatoms. The predicted octanol–water partition coefficient (Wildman–Crippen LogP) is -0.378. The van der Waals surface area contributed by atoms with Crippen LogP contribution < -0.4 is 5.69 Å². The van der Waals surface area contributed by atoms with Gasteiger partial charge < -0.3 is 4.74 Å². The van der Waals surface area contributed by atoms with Crippen LogP contribution in [0.2, 0.25) is 0 Å². The van der Waals surface area contributed by atoms with E-state index in [9.17, 15) is 9.59 Å². The number of ether oxygens (including phenoxy) is 1. The maximum absolute atomic E-state index is 11.4. The molecule has 0 saturated carbocycles. The number of methoxy groups -OCH3 is 1. The summed E-state index contributed by atoms with van der Waals surface area (Å²) in [6.45, 7) is 0. The van der Waals surface area contributed by atoms with Gasteiger partial charge in [-0.25, -0.2) is 14.7 Å². The van der Waals surface area contributed by atoms with E-state index in [0.717, 1.165) is 12.8 Å². The number of esters is 1. The molecule has 1 aliphatic rings. The number of rotatable bonds is 1. The third-order valence-electron chi connectivity index (χ3n) is 2.44. The zero-order chi connectivity index (χ0) is 10.1. The maximum Gasteiger partial charge on any atom is 0.344 e. The number of H-pyrrole nitrogens is 1. The first-order valence-electron chi connectivity index (χ1n) is 4.47. The van der Waals surface area contributed by atoms with Gasteiger partial charge in [-0.05, 0) is 12.8 Å². The maximum atomic E-state index is 11.4. The molecule has 0 aromatic carbocycles. The molecule has 0 aliphatic carbocycles. The van der Waals surface area contributed by atoms with E-state index in [0.29, 0.717) is 12.2 Å². The Bertz CT molecular complexity index is 406. The lowest BCUT2D eigenvalue weighted by atomic mass is 10.1. The first kappa shape index (κ1) is 8.98. The van der Waals surface area contributed by atoms with Crippen molar-refractivity contribution in [1.29, 1.82) is 0 Å². The van der Waals surface area contributed by atoms with Crippen LogP contribution in [-0.4, -0.2) is 27.8 Å². The van der Waals surface area contributed by atoms with Crippen LogP contribution in [0.1, 0.15) is 24.7 Å². The topological polar surface area (TPSA) is 77.0 Å². The number of nitrogens with zero attached hydrogens (tertiary/aromatic N) is 2. The zero-order valence-electron chi connectivity index (χ0n) is 7.82. The molecule has 0 unspecified atom stereocenters. The van der Waals surface area contributed by atoms with Crippen molar-refractivity contribution in [2.45, 2.75) is 25.3 Å². The summed E-state index contributed by atoms with van der Waals surface area (Å²) in [5.74, 6) is 0.256. The summed E-state index contributed by atoms with van der Waals surface area (Å²) < 4.78 is 6.01. The van der Waals surface area contributed by atoms with Gasteiger partial charge >= 0.3 is 11.7 Å². The molecule has 14 heavy (non-hydrogen) atoms. The van der Waals surface area contributed by atoms with Crippen molar-refractivity contribution in [2.75, 3.05) is 7.11 Å². The first-order chi connectivity index (χ1) is 6.74. The quantitative estimate of drug-likeness (QED) is 0.623. The van der Waals surface area contributed by atoms with Gasteiger partial charge in [0.2, 0.25) is 0 Å². The molecule has 76 valence electrons. The van der Waals surface area contributed by atoms with Crippen LogP contribution in [0.4, 0.5) is 0 Å². The van der Waals surface area contributed by atoms with Gasteiger partial charge in [0.15, 0.2) is 0 Å². The molecule has 0 spiro atoms. The van der Waals surface area contributed by atoms with E-state index in [-0.39, 0.29) is 11.7 Å². The standard InChI is InChI=1S/C8H11N3O3/c1-14-7(12)5-3-2-4-6-9-10-8(13)11(5)6/h5H,2-4H2,1H3,(H,10,13)/t5-/m1/s1. The van der Waals surface area contributed by atoms with Crippen LogP contribution in [0.5, 0.6) is 0 Å². The van der Waals surface area contributed by atoms with E-state index in [1.54, 1.807) is 0 Å². The lowest BCUT2D eigenvalue weighted by molar-refractivity contribution is -0.145. The molecule has 0 radical (unpaired) electrons. The average Bonchev–Trinajstić information content (AvgIpc) is 2.59. The normalized spacial score (nSPS) is 20.2. The Morgan fingerprint density at radius 1 is 1.71 bits per heavy atom. The van der Waals surface area contributed by atoms with Crippen LogP contribution in [0.25, 0.3) is 0 Å². The van der Waals surface area contributed by atoms with Crippen molar-refractivity contribution in [1.82, 2.24) is 14.8 Å². The SMILES string of the molecule is COC(=O)[C@H]1CCCc2n[nH]c(=O)n21. The molecule has 1 atom stereocenters. The Hall–Kier alpha value is -1.59. The largest absolute Gasteiger partial charge is 0.467 e. The van der Waals surface area contributed by atoms with Gasteiger partial charge in [0.25, 0.3) is 0 Å². The Labute approximate surface area is 79.9 Å². The van der Waals surface area contributed by atoms with Crippen LogP contribution in [0, 0.1) is 0 Å².